The van der Waals surface area contributed by atoms with Gasteiger partial charge in [-0.1, -0.05) is 55.8 Å². The van der Waals surface area contributed by atoms with Gasteiger partial charge < -0.3 is 0 Å². The fourth-order valence-corrected chi connectivity index (χ4v) is 3.64. The Kier molecular flexibility index (Phi) is 3.59. The van der Waals surface area contributed by atoms with Crippen LogP contribution in [-0.2, 0) is 0 Å². The van der Waals surface area contributed by atoms with Crippen molar-refractivity contribution in [3.8, 4) is 0 Å². The van der Waals surface area contributed by atoms with Crippen LogP contribution in [0.4, 0.5) is 0 Å². The highest BCUT2D eigenvalue weighted by Crippen LogP contribution is 2.43. The lowest BCUT2D eigenvalue weighted by Gasteiger charge is -2.32. The lowest BCUT2D eigenvalue weighted by Crippen LogP contribution is -2.14. The summed E-state index contributed by atoms with van der Waals surface area (Å²) in [5.41, 5.74) is 6.59. The minimum Gasteiger partial charge on any atom is -0.0729 e. The first-order valence-electron chi connectivity index (χ1n) is 7.73. The van der Waals surface area contributed by atoms with Gasteiger partial charge in [0.1, 0.15) is 0 Å². The maximum atomic E-state index is 2.56. The van der Waals surface area contributed by atoms with Crippen LogP contribution in [0.25, 0.3) is 0 Å². The van der Waals surface area contributed by atoms with Gasteiger partial charge in [-0.3, -0.25) is 0 Å². The van der Waals surface area contributed by atoms with E-state index in [1.54, 1.807) is 16.7 Å². The average Bonchev–Trinajstić information content (AvgIpc) is 2.47. The molecule has 0 N–H and O–H groups in total. The molecule has 0 heterocycles. The second-order valence-corrected chi connectivity index (χ2v) is 6.29. The van der Waals surface area contributed by atoms with E-state index in [0.29, 0.717) is 11.8 Å². The van der Waals surface area contributed by atoms with E-state index in [0.717, 1.165) is 0 Å². The SMILES string of the molecule is CC(C)C1=CC(c2ccccc2)CC2=C1CCCC2. The first kappa shape index (κ1) is 12.7. The normalized spacial score (nSPS) is 23.3. The first-order chi connectivity index (χ1) is 9.25. The molecule has 0 radical (unpaired) electrons. The minimum absolute atomic E-state index is 0.607. The summed E-state index contributed by atoms with van der Waals surface area (Å²) in [5.74, 6) is 1.27. The van der Waals surface area contributed by atoms with Crippen LogP contribution in [0.15, 0.2) is 53.1 Å². The van der Waals surface area contributed by atoms with E-state index >= 15 is 0 Å². The van der Waals surface area contributed by atoms with Crippen molar-refractivity contribution in [2.75, 3.05) is 0 Å². The molecule has 1 unspecified atom stereocenters. The Morgan fingerprint density at radius 2 is 1.74 bits per heavy atom. The molecule has 1 aromatic rings. The van der Waals surface area contributed by atoms with Crippen LogP contribution in [0.3, 0.4) is 0 Å². The van der Waals surface area contributed by atoms with Gasteiger partial charge in [-0.05, 0) is 54.7 Å². The monoisotopic (exact) mass is 252 g/mol. The molecule has 1 atom stereocenters. The van der Waals surface area contributed by atoms with Crippen molar-refractivity contribution in [2.45, 2.75) is 51.9 Å². The van der Waals surface area contributed by atoms with Crippen molar-refractivity contribution in [3.63, 3.8) is 0 Å². The molecular weight excluding hydrogens is 228 g/mol. The summed E-state index contributed by atoms with van der Waals surface area (Å²) < 4.78 is 0. The van der Waals surface area contributed by atoms with E-state index < -0.39 is 0 Å². The number of hydrogen-bond acceptors (Lipinski definition) is 0. The maximum Gasteiger partial charge on any atom is 0.00613 e. The third-order valence-electron chi connectivity index (χ3n) is 4.63. The van der Waals surface area contributed by atoms with Crippen LogP contribution in [0, 0.1) is 5.92 Å². The molecule has 0 heteroatoms. The smallest absolute Gasteiger partial charge is 0.00613 e. The van der Waals surface area contributed by atoms with Crippen LogP contribution in [0.5, 0.6) is 0 Å². The van der Waals surface area contributed by atoms with Gasteiger partial charge >= 0.3 is 0 Å². The molecular formula is C19H24. The number of allylic oxidation sites excluding steroid dienone is 4. The Morgan fingerprint density at radius 1 is 1.00 bits per heavy atom. The minimum atomic E-state index is 0.607. The van der Waals surface area contributed by atoms with Gasteiger partial charge in [0.2, 0.25) is 0 Å². The molecule has 19 heavy (non-hydrogen) atoms. The topological polar surface area (TPSA) is 0 Å². The van der Waals surface area contributed by atoms with Crippen LogP contribution in [-0.4, -0.2) is 0 Å². The standard InChI is InChI=1S/C19H24/c1-14(2)19-13-17(15-8-4-3-5-9-15)12-16-10-6-7-11-18(16)19/h3-5,8-9,13-14,17H,6-7,10-12H2,1-2H3. The molecule has 0 spiro atoms. The third-order valence-corrected chi connectivity index (χ3v) is 4.63. The molecule has 2 aliphatic carbocycles. The molecule has 100 valence electrons. The Balaban J connectivity index is 1.97. The molecule has 0 fully saturated rings. The fraction of sp³-hybridized carbons (Fsp3) is 0.474. The number of rotatable bonds is 2. The summed E-state index contributed by atoms with van der Waals surface area (Å²) in [4.78, 5) is 0. The van der Waals surface area contributed by atoms with Gasteiger partial charge in [0.25, 0.3) is 0 Å². The molecule has 0 saturated heterocycles. The van der Waals surface area contributed by atoms with Gasteiger partial charge in [0, 0.05) is 5.92 Å². The molecule has 1 aromatic carbocycles. The highest BCUT2D eigenvalue weighted by molar-refractivity contribution is 5.45. The van der Waals surface area contributed by atoms with Gasteiger partial charge in [-0.25, -0.2) is 0 Å². The first-order valence-corrected chi connectivity index (χ1v) is 7.73. The molecule has 0 saturated carbocycles. The summed E-state index contributed by atoms with van der Waals surface area (Å²) in [6.07, 6.45) is 9.26. The number of benzene rings is 1. The summed E-state index contributed by atoms with van der Waals surface area (Å²) >= 11 is 0. The Hall–Kier alpha value is -1.30. The van der Waals surface area contributed by atoms with Crippen LogP contribution in [0.1, 0.15) is 57.4 Å². The largest absolute Gasteiger partial charge is 0.0729 e. The lowest BCUT2D eigenvalue weighted by atomic mass is 9.73. The Morgan fingerprint density at radius 3 is 2.47 bits per heavy atom. The molecule has 0 nitrogen and oxygen atoms in total. The molecule has 0 amide bonds. The van der Waals surface area contributed by atoms with E-state index in [1.807, 2.05) is 0 Å². The third kappa shape index (κ3) is 2.54. The molecule has 0 aliphatic heterocycles. The predicted molar refractivity (Wildman–Crippen MR) is 82.2 cm³/mol. The summed E-state index contributed by atoms with van der Waals surface area (Å²) in [6.45, 7) is 4.69. The highest BCUT2D eigenvalue weighted by atomic mass is 14.3. The quantitative estimate of drug-likeness (QED) is 0.640. The second-order valence-electron chi connectivity index (χ2n) is 6.29. The van der Waals surface area contributed by atoms with Crippen molar-refractivity contribution >= 4 is 0 Å². The summed E-state index contributed by atoms with van der Waals surface area (Å²) in [7, 11) is 0. The van der Waals surface area contributed by atoms with Crippen LogP contribution < -0.4 is 0 Å². The Bertz CT molecular complexity index is 502. The van der Waals surface area contributed by atoms with Crippen molar-refractivity contribution in [1.29, 1.82) is 0 Å². The zero-order valence-corrected chi connectivity index (χ0v) is 12.2. The van der Waals surface area contributed by atoms with Gasteiger partial charge in [-0.15, -0.1) is 0 Å². The van der Waals surface area contributed by atoms with Crippen molar-refractivity contribution < 1.29 is 0 Å². The fourth-order valence-electron chi connectivity index (χ4n) is 3.64. The lowest BCUT2D eigenvalue weighted by molar-refractivity contribution is 0.597. The van der Waals surface area contributed by atoms with Gasteiger partial charge in [0.15, 0.2) is 0 Å². The summed E-state index contributed by atoms with van der Waals surface area (Å²) in [5, 5.41) is 0. The van der Waals surface area contributed by atoms with E-state index in [1.165, 1.54) is 37.7 Å². The Labute approximate surface area is 117 Å². The molecule has 0 aromatic heterocycles. The van der Waals surface area contributed by atoms with E-state index in [4.69, 9.17) is 0 Å². The van der Waals surface area contributed by atoms with Crippen molar-refractivity contribution in [2.24, 2.45) is 5.92 Å². The zero-order chi connectivity index (χ0) is 13.2. The van der Waals surface area contributed by atoms with Crippen molar-refractivity contribution in [3.05, 3.63) is 58.7 Å². The van der Waals surface area contributed by atoms with Crippen LogP contribution >= 0.6 is 0 Å². The zero-order valence-electron chi connectivity index (χ0n) is 12.2. The maximum absolute atomic E-state index is 2.56. The van der Waals surface area contributed by atoms with E-state index in [9.17, 15) is 0 Å². The molecule has 2 aliphatic rings. The van der Waals surface area contributed by atoms with Gasteiger partial charge in [0.05, 0.1) is 0 Å². The van der Waals surface area contributed by atoms with Gasteiger partial charge in [-0.2, -0.15) is 0 Å². The molecule has 0 bridgehead atoms. The summed E-state index contributed by atoms with van der Waals surface area (Å²) in [6, 6.07) is 11.0. The number of hydrogen-bond donors (Lipinski definition) is 0. The molecule has 3 rings (SSSR count). The average molecular weight is 252 g/mol. The van der Waals surface area contributed by atoms with E-state index in [2.05, 4.69) is 50.3 Å². The van der Waals surface area contributed by atoms with Crippen LogP contribution in [0.2, 0.25) is 0 Å². The van der Waals surface area contributed by atoms with E-state index in [-0.39, 0.29) is 0 Å². The highest BCUT2D eigenvalue weighted by Gasteiger charge is 2.25. The van der Waals surface area contributed by atoms with Crippen molar-refractivity contribution in [1.82, 2.24) is 0 Å². The second kappa shape index (κ2) is 5.36. The predicted octanol–water partition coefficient (Wildman–Crippen LogP) is 5.63.